The molecule has 0 spiro atoms. The van der Waals surface area contributed by atoms with Crippen LogP contribution in [0.25, 0.3) is 0 Å². The van der Waals surface area contributed by atoms with E-state index in [1.807, 2.05) is 0 Å². The van der Waals surface area contributed by atoms with Crippen molar-refractivity contribution in [1.29, 1.82) is 0 Å². The van der Waals surface area contributed by atoms with Crippen molar-refractivity contribution in [3.63, 3.8) is 0 Å². The second kappa shape index (κ2) is 4.41. The summed E-state index contributed by atoms with van der Waals surface area (Å²) in [4.78, 5) is 2.31. The van der Waals surface area contributed by atoms with Gasteiger partial charge in [0, 0.05) is 13.1 Å². The highest BCUT2D eigenvalue weighted by Gasteiger charge is 2.53. The van der Waals surface area contributed by atoms with Crippen molar-refractivity contribution in [2.24, 2.45) is 0 Å². The molecule has 0 N–H and O–H groups in total. The minimum Gasteiger partial charge on any atom is -0.400 e. The molecule has 1 unspecified atom stereocenters. The first-order valence-corrected chi connectivity index (χ1v) is 6.61. The summed E-state index contributed by atoms with van der Waals surface area (Å²) in [5.74, 6) is 0. The fourth-order valence-corrected chi connectivity index (χ4v) is 2.46. The number of nitrogens with zero attached hydrogens (tertiary/aromatic N) is 1. The summed E-state index contributed by atoms with van der Waals surface area (Å²) in [5.41, 5.74) is 0.923. The third kappa shape index (κ3) is 2.31. The highest BCUT2D eigenvalue weighted by atomic mass is 16.7. The predicted molar refractivity (Wildman–Crippen MR) is 70.9 cm³/mol. The first-order chi connectivity index (χ1) is 7.88. The van der Waals surface area contributed by atoms with Crippen molar-refractivity contribution < 1.29 is 9.31 Å². The van der Waals surface area contributed by atoms with Crippen molar-refractivity contribution in [3.05, 3.63) is 11.5 Å². The van der Waals surface area contributed by atoms with Gasteiger partial charge < -0.3 is 14.2 Å². The van der Waals surface area contributed by atoms with E-state index in [9.17, 15) is 0 Å². The summed E-state index contributed by atoms with van der Waals surface area (Å²) < 4.78 is 12.3. The highest BCUT2D eigenvalue weighted by Crippen LogP contribution is 2.41. The van der Waals surface area contributed by atoms with Crippen LogP contribution >= 0.6 is 0 Å². The third-order valence-electron chi connectivity index (χ3n) is 4.47. The minimum absolute atomic E-state index is 0.136. The van der Waals surface area contributed by atoms with Gasteiger partial charge in [-0.05, 0) is 46.1 Å². The molecule has 0 aliphatic carbocycles. The highest BCUT2D eigenvalue weighted by molar-refractivity contribution is 6.54. The number of likely N-dealkylation sites (N-methyl/N-ethyl adjacent to an activating group) is 1. The van der Waals surface area contributed by atoms with Crippen molar-refractivity contribution >= 4 is 7.12 Å². The van der Waals surface area contributed by atoms with Gasteiger partial charge in [-0.3, -0.25) is 0 Å². The van der Waals surface area contributed by atoms with Crippen LogP contribution in [0, 0.1) is 0 Å². The van der Waals surface area contributed by atoms with Gasteiger partial charge in [0.15, 0.2) is 0 Å². The van der Waals surface area contributed by atoms with Crippen molar-refractivity contribution in [2.45, 2.75) is 51.7 Å². The molecular formula is C13H24BNO2. The average molecular weight is 237 g/mol. The molecule has 96 valence electrons. The zero-order valence-electron chi connectivity index (χ0n) is 11.7. The molecule has 2 aliphatic rings. The minimum atomic E-state index is -0.212. The molecule has 2 rings (SSSR count). The molecule has 4 heteroatoms. The van der Waals surface area contributed by atoms with Crippen LogP contribution in [0.5, 0.6) is 0 Å². The molecule has 0 aromatic carbocycles. The third-order valence-corrected chi connectivity index (χ3v) is 4.47. The predicted octanol–water partition coefficient (Wildman–Crippen LogP) is 2.27. The number of hydrogen-bond donors (Lipinski definition) is 0. The maximum Gasteiger partial charge on any atom is 0.490 e. The first-order valence-electron chi connectivity index (χ1n) is 6.61. The SMILES string of the molecule is CCC1(C)OB(C2=CCN(C)CC2)OC1(C)C. The van der Waals surface area contributed by atoms with E-state index < -0.39 is 0 Å². The lowest BCUT2D eigenvalue weighted by molar-refractivity contribution is -0.0118. The lowest BCUT2D eigenvalue weighted by atomic mass is 9.75. The number of hydrogen-bond acceptors (Lipinski definition) is 3. The van der Waals surface area contributed by atoms with E-state index in [1.165, 1.54) is 5.47 Å². The molecule has 0 saturated carbocycles. The summed E-state index contributed by atoms with van der Waals surface area (Å²) in [6.45, 7) is 10.7. The van der Waals surface area contributed by atoms with Gasteiger partial charge in [0.05, 0.1) is 11.2 Å². The Morgan fingerprint density at radius 2 is 2.06 bits per heavy atom. The molecule has 0 aromatic heterocycles. The molecule has 2 heterocycles. The Morgan fingerprint density at radius 1 is 1.35 bits per heavy atom. The van der Waals surface area contributed by atoms with E-state index in [0.29, 0.717) is 0 Å². The Labute approximate surface area is 105 Å². The van der Waals surface area contributed by atoms with Crippen LogP contribution in [0.15, 0.2) is 11.5 Å². The quantitative estimate of drug-likeness (QED) is 0.687. The van der Waals surface area contributed by atoms with Crippen LogP contribution in [-0.2, 0) is 9.31 Å². The summed E-state index contributed by atoms with van der Waals surface area (Å²) in [5, 5.41) is 0. The van der Waals surface area contributed by atoms with Gasteiger partial charge in [0.2, 0.25) is 0 Å². The van der Waals surface area contributed by atoms with Crippen molar-refractivity contribution in [3.8, 4) is 0 Å². The van der Waals surface area contributed by atoms with Crippen molar-refractivity contribution in [2.75, 3.05) is 20.1 Å². The molecule has 2 aliphatic heterocycles. The first kappa shape index (κ1) is 13.1. The summed E-state index contributed by atoms with van der Waals surface area (Å²) in [6, 6.07) is 0. The molecule has 0 aromatic rings. The molecule has 1 saturated heterocycles. The van der Waals surface area contributed by atoms with Crippen molar-refractivity contribution in [1.82, 2.24) is 4.90 Å². The molecule has 3 nitrogen and oxygen atoms in total. The fraction of sp³-hybridized carbons (Fsp3) is 0.846. The van der Waals surface area contributed by atoms with Gasteiger partial charge >= 0.3 is 7.12 Å². The maximum absolute atomic E-state index is 6.18. The molecule has 0 bridgehead atoms. The van der Waals surface area contributed by atoms with Crippen LogP contribution < -0.4 is 0 Å². The van der Waals surface area contributed by atoms with E-state index in [1.54, 1.807) is 0 Å². The molecule has 1 fully saturated rings. The topological polar surface area (TPSA) is 21.7 Å². The zero-order valence-corrected chi connectivity index (χ0v) is 11.7. The largest absolute Gasteiger partial charge is 0.490 e. The zero-order chi connectivity index (χ0) is 12.7. The Balaban J connectivity index is 2.11. The van der Waals surface area contributed by atoms with Crippen LogP contribution in [0.2, 0.25) is 0 Å². The Hall–Kier alpha value is -0.315. The number of rotatable bonds is 2. The lowest BCUT2D eigenvalue weighted by Gasteiger charge is -2.35. The van der Waals surface area contributed by atoms with E-state index >= 15 is 0 Å². The average Bonchev–Trinajstić information content (AvgIpc) is 2.52. The van der Waals surface area contributed by atoms with Gasteiger partial charge in [0.25, 0.3) is 0 Å². The van der Waals surface area contributed by atoms with Gasteiger partial charge in [-0.1, -0.05) is 13.0 Å². The standard InChI is InChI=1S/C13H24BNO2/c1-6-13(4)12(2,3)16-14(17-13)11-7-9-15(5)10-8-11/h7H,6,8-10H2,1-5H3. The van der Waals surface area contributed by atoms with E-state index in [-0.39, 0.29) is 18.3 Å². The van der Waals surface area contributed by atoms with Crippen LogP contribution in [0.1, 0.15) is 40.5 Å². The van der Waals surface area contributed by atoms with E-state index in [0.717, 1.165) is 25.9 Å². The maximum atomic E-state index is 6.18. The fourth-order valence-electron chi connectivity index (χ4n) is 2.46. The van der Waals surface area contributed by atoms with Gasteiger partial charge in [-0.2, -0.15) is 0 Å². The summed E-state index contributed by atoms with van der Waals surface area (Å²) in [7, 11) is 2.01. The Morgan fingerprint density at radius 3 is 2.53 bits per heavy atom. The summed E-state index contributed by atoms with van der Waals surface area (Å²) >= 11 is 0. The lowest BCUT2D eigenvalue weighted by Crippen LogP contribution is -2.44. The normalized spacial score (nSPS) is 33.9. The van der Waals surface area contributed by atoms with E-state index in [2.05, 4.69) is 45.7 Å². The molecule has 0 amide bonds. The monoisotopic (exact) mass is 237 g/mol. The van der Waals surface area contributed by atoms with Crippen LogP contribution in [0.4, 0.5) is 0 Å². The van der Waals surface area contributed by atoms with Gasteiger partial charge in [-0.15, -0.1) is 0 Å². The molecule has 17 heavy (non-hydrogen) atoms. The molecular weight excluding hydrogens is 213 g/mol. The van der Waals surface area contributed by atoms with Gasteiger partial charge in [-0.25, -0.2) is 0 Å². The van der Waals surface area contributed by atoms with E-state index in [4.69, 9.17) is 9.31 Å². The second-order valence-corrected chi connectivity index (χ2v) is 5.95. The Bertz CT molecular complexity index is 329. The Kier molecular flexibility index (Phi) is 3.41. The second-order valence-electron chi connectivity index (χ2n) is 5.95. The molecule has 1 atom stereocenters. The smallest absolute Gasteiger partial charge is 0.400 e. The summed E-state index contributed by atoms with van der Waals surface area (Å²) in [6.07, 6.45) is 4.28. The van der Waals surface area contributed by atoms with Crippen LogP contribution in [-0.4, -0.2) is 43.4 Å². The van der Waals surface area contributed by atoms with Gasteiger partial charge in [0.1, 0.15) is 0 Å². The van der Waals surface area contributed by atoms with Crippen LogP contribution in [0.3, 0.4) is 0 Å². The molecule has 0 radical (unpaired) electrons.